The van der Waals surface area contributed by atoms with Crippen LogP contribution < -0.4 is 11.1 Å². The molecule has 0 heterocycles. The maximum absolute atomic E-state index is 11.6. The third-order valence-corrected chi connectivity index (χ3v) is 3.20. The minimum Gasteiger partial charge on any atom is -0.368 e. The summed E-state index contributed by atoms with van der Waals surface area (Å²) >= 11 is 6.10. The number of rotatable bonds is 5. The predicted molar refractivity (Wildman–Crippen MR) is 76.7 cm³/mol. The van der Waals surface area contributed by atoms with Crippen molar-refractivity contribution in [3.05, 3.63) is 70.7 Å². The zero-order valence-electron chi connectivity index (χ0n) is 10.3. The highest BCUT2D eigenvalue weighted by atomic mass is 35.5. The Morgan fingerprint density at radius 1 is 1.11 bits per heavy atom. The van der Waals surface area contributed by atoms with E-state index in [0.717, 1.165) is 5.56 Å². The van der Waals surface area contributed by atoms with Crippen molar-refractivity contribution in [2.75, 3.05) is 0 Å². The van der Waals surface area contributed by atoms with Crippen molar-refractivity contribution in [3.8, 4) is 0 Å². The van der Waals surface area contributed by atoms with Gasteiger partial charge >= 0.3 is 0 Å². The van der Waals surface area contributed by atoms with Crippen LogP contribution >= 0.6 is 11.6 Å². The van der Waals surface area contributed by atoms with Crippen molar-refractivity contribution >= 4 is 17.5 Å². The number of primary amides is 1. The number of halogens is 1. The zero-order chi connectivity index (χ0) is 13.7. The Balaban J connectivity index is 2.14. The highest BCUT2D eigenvalue weighted by Crippen LogP contribution is 2.22. The van der Waals surface area contributed by atoms with Gasteiger partial charge in [0.2, 0.25) is 5.91 Å². The van der Waals surface area contributed by atoms with E-state index in [1.54, 1.807) is 12.1 Å². The van der Waals surface area contributed by atoms with Crippen molar-refractivity contribution in [3.63, 3.8) is 0 Å². The lowest BCUT2D eigenvalue weighted by molar-refractivity contribution is -0.120. The molecule has 2 aromatic rings. The van der Waals surface area contributed by atoms with E-state index < -0.39 is 11.9 Å². The number of carbonyl (C=O) groups is 1. The van der Waals surface area contributed by atoms with Crippen molar-refractivity contribution < 1.29 is 4.79 Å². The molecule has 0 aromatic heterocycles. The van der Waals surface area contributed by atoms with E-state index in [1.807, 2.05) is 42.5 Å². The third kappa shape index (κ3) is 3.56. The van der Waals surface area contributed by atoms with Gasteiger partial charge in [0.15, 0.2) is 0 Å². The van der Waals surface area contributed by atoms with E-state index in [-0.39, 0.29) is 0 Å². The van der Waals surface area contributed by atoms with Crippen LogP contribution in [0.15, 0.2) is 54.6 Å². The van der Waals surface area contributed by atoms with Crippen LogP contribution in [-0.2, 0) is 11.3 Å². The Morgan fingerprint density at radius 3 is 2.37 bits per heavy atom. The van der Waals surface area contributed by atoms with Gasteiger partial charge in [-0.3, -0.25) is 10.1 Å². The Bertz CT molecular complexity index is 557. The summed E-state index contributed by atoms with van der Waals surface area (Å²) < 4.78 is 0. The summed E-state index contributed by atoms with van der Waals surface area (Å²) in [5.41, 5.74) is 7.23. The second-order valence-electron chi connectivity index (χ2n) is 4.22. The zero-order valence-corrected chi connectivity index (χ0v) is 11.1. The lowest BCUT2D eigenvalue weighted by Gasteiger charge is -2.17. The smallest absolute Gasteiger partial charge is 0.239 e. The average Bonchev–Trinajstić information content (AvgIpc) is 2.42. The molecule has 0 aliphatic carbocycles. The minimum absolute atomic E-state index is 0.441. The van der Waals surface area contributed by atoms with Gasteiger partial charge in [0.05, 0.1) is 0 Å². The molecule has 1 atom stereocenters. The van der Waals surface area contributed by atoms with E-state index in [2.05, 4.69) is 5.32 Å². The van der Waals surface area contributed by atoms with Crippen LogP contribution in [0.2, 0.25) is 5.02 Å². The van der Waals surface area contributed by atoms with Crippen molar-refractivity contribution in [1.29, 1.82) is 0 Å². The molecule has 3 N–H and O–H groups in total. The Morgan fingerprint density at radius 2 is 1.74 bits per heavy atom. The second-order valence-corrected chi connectivity index (χ2v) is 4.63. The first kappa shape index (κ1) is 13.6. The van der Waals surface area contributed by atoms with Crippen molar-refractivity contribution in [2.24, 2.45) is 5.73 Å². The summed E-state index contributed by atoms with van der Waals surface area (Å²) in [6.45, 7) is 0.555. The van der Waals surface area contributed by atoms with Gasteiger partial charge < -0.3 is 5.73 Å². The first-order valence-electron chi connectivity index (χ1n) is 5.99. The molecular formula is C15H15ClN2O. The standard InChI is InChI=1S/C15H15ClN2O/c16-13-9-5-4-8-12(13)14(15(17)19)18-10-11-6-2-1-3-7-11/h1-9,14,18H,10H2,(H2,17,19). The summed E-state index contributed by atoms with van der Waals surface area (Å²) in [5.74, 6) is -0.441. The van der Waals surface area contributed by atoms with E-state index >= 15 is 0 Å². The fourth-order valence-corrected chi connectivity index (χ4v) is 2.13. The van der Waals surface area contributed by atoms with Gasteiger partial charge in [0.1, 0.15) is 6.04 Å². The van der Waals surface area contributed by atoms with Crippen molar-refractivity contribution in [2.45, 2.75) is 12.6 Å². The Labute approximate surface area is 117 Å². The average molecular weight is 275 g/mol. The summed E-state index contributed by atoms with van der Waals surface area (Å²) in [7, 11) is 0. The highest BCUT2D eigenvalue weighted by molar-refractivity contribution is 6.31. The molecule has 2 rings (SSSR count). The molecule has 0 saturated carbocycles. The number of amides is 1. The lowest BCUT2D eigenvalue weighted by atomic mass is 10.1. The molecule has 2 aromatic carbocycles. The monoisotopic (exact) mass is 274 g/mol. The van der Waals surface area contributed by atoms with Gasteiger partial charge in [-0.25, -0.2) is 0 Å². The molecule has 19 heavy (non-hydrogen) atoms. The van der Waals surface area contributed by atoms with Gasteiger partial charge in [-0.05, 0) is 17.2 Å². The third-order valence-electron chi connectivity index (χ3n) is 2.85. The minimum atomic E-state index is -0.589. The largest absolute Gasteiger partial charge is 0.368 e. The van der Waals surface area contributed by atoms with E-state index in [0.29, 0.717) is 17.1 Å². The summed E-state index contributed by atoms with van der Waals surface area (Å²) in [4.78, 5) is 11.6. The van der Waals surface area contributed by atoms with Crippen LogP contribution in [0.5, 0.6) is 0 Å². The summed E-state index contributed by atoms with van der Waals surface area (Å²) in [6.07, 6.45) is 0. The van der Waals surface area contributed by atoms with E-state index in [4.69, 9.17) is 17.3 Å². The second kappa shape index (κ2) is 6.36. The van der Waals surface area contributed by atoms with Crippen LogP contribution in [0.1, 0.15) is 17.2 Å². The van der Waals surface area contributed by atoms with Gasteiger partial charge in [-0.2, -0.15) is 0 Å². The molecule has 0 fully saturated rings. The normalized spacial score (nSPS) is 12.1. The fourth-order valence-electron chi connectivity index (χ4n) is 1.89. The molecule has 0 saturated heterocycles. The van der Waals surface area contributed by atoms with Crippen LogP contribution in [0.3, 0.4) is 0 Å². The summed E-state index contributed by atoms with van der Waals surface area (Å²) in [6, 6.07) is 16.4. The molecule has 0 radical (unpaired) electrons. The van der Waals surface area contributed by atoms with Crippen LogP contribution in [0.25, 0.3) is 0 Å². The van der Waals surface area contributed by atoms with Crippen LogP contribution in [0, 0.1) is 0 Å². The molecule has 0 spiro atoms. The van der Waals surface area contributed by atoms with Crippen LogP contribution in [-0.4, -0.2) is 5.91 Å². The Kier molecular flexibility index (Phi) is 4.55. The van der Waals surface area contributed by atoms with E-state index in [1.165, 1.54) is 0 Å². The van der Waals surface area contributed by atoms with Crippen molar-refractivity contribution in [1.82, 2.24) is 5.32 Å². The first-order valence-corrected chi connectivity index (χ1v) is 6.37. The number of benzene rings is 2. The lowest BCUT2D eigenvalue weighted by Crippen LogP contribution is -2.33. The number of carbonyl (C=O) groups excluding carboxylic acids is 1. The molecule has 1 unspecified atom stereocenters. The molecule has 0 aliphatic heterocycles. The predicted octanol–water partition coefficient (Wildman–Crippen LogP) is 2.66. The molecule has 0 bridgehead atoms. The molecule has 98 valence electrons. The van der Waals surface area contributed by atoms with Gasteiger partial charge in [-0.15, -0.1) is 0 Å². The van der Waals surface area contributed by atoms with Crippen LogP contribution in [0.4, 0.5) is 0 Å². The van der Waals surface area contributed by atoms with Gasteiger partial charge in [0.25, 0.3) is 0 Å². The molecule has 1 amide bonds. The number of hydrogen-bond donors (Lipinski definition) is 2. The van der Waals surface area contributed by atoms with Gasteiger partial charge in [-0.1, -0.05) is 60.1 Å². The molecule has 3 nitrogen and oxygen atoms in total. The maximum atomic E-state index is 11.6. The topological polar surface area (TPSA) is 55.1 Å². The quantitative estimate of drug-likeness (QED) is 0.881. The Hall–Kier alpha value is -1.84. The summed E-state index contributed by atoms with van der Waals surface area (Å²) in [5, 5.41) is 3.67. The molecule has 0 aliphatic rings. The maximum Gasteiger partial charge on any atom is 0.239 e. The SMILES string of the molecule is NC(=O)C(NCc1ccccc1)c1ccccc1Cl. The molecular weight excluding hydrogens is 260 g/mol. The number of nitrogens with one attached hydrogen (secondary N) is 1. The fraction of sp³-hybridized carbons (Fsp3) is 0.133. The number of hydrogen-bond acceptors (Lipinski definition) is 2. The van der Waals surface area contributed by atoms with E-state index in [9.17, 15) is 4.79 Å². The highest BCUT2D eigenvalue weighted by Gasteiger charge is 2.19. The first-order chi connectivity index (χ1) is 9.18. The van der Waals surface area contributed by atoms with Gasteiger partial charge in [0, 0.05) is 11.6 Å². The number of nitrogens with two attached hydrogens (primary N) is 1. The molecule has 4 heteroatoms.